The molecule has 4 rings (SSSR count). The van der Waals surface area contributed by atoms with Gasteiger partial charge in [-0.15, -0.1) is 0 Å². The van der Waals surface area contributed by atoms with Crippen molar-refractivity contribution in [3.05, 3.63) is 93.5 Å². The monoisotopic (exact) mass is 427 g/mol. The van der Waals surface area contributed by atoms with E-state index in [1.165, 1.54) is 13.3 Å². The van der Waals surface area contributed by atoms with E-state index in [9.17, 15) is 15.0 Å². The summed E-state index contributed by atoms with van der Waals surface area (Å²) < 4.78 is 5.04. The van der Waals surface area contributed by atoms with Gasteiger partial charge >= 0.3 is 0 Å². The third-order valence-electron chi connectivity index (χ3n) is 4.94. The number of hydrogen-bond donors (Lipinski definition) is 3. The molecular formula is C25H21N3O4. The summed E-state index contributed by atoms with van der Waals surface area (Å²) in [4.78, 5) is 23.4. The summed E-state index contributed by atoms with van der Waals surface area (Å²) in [5.41, 5.74) is 2.46. The number of nitrogens with zero attached hydrogens (tertiary/aromatic N) is 2. The fourth-order valence-corrected chi connectivity index (χ4v) is 3.32. The number of nitrogens with one attached hydrogen (secondary N) is 1. The van der Waals surface area contributed by atoms with Gasteiger partial charge < -0.3 is 14.9 Å². The Bertz CT molecular complexity index is 1380. The quantitative estimate of drug-likeness (QED) is 0.401. The molecule has 0 unspecified atom stereocenters. The van der Waals surface area contributed by atoms with Gasteiger partial charge in [0.25, 0.3) is 5.56 Å². The molecule has 7 nitrogen and oxygen atoms in total. The maximum absolute atomic E-state index is 12.3. The van der Waals surface area contributed by atoms with E-state index in [0.717, 1.165) is 16.8 Å². The molecule has 0 fully saturated rings. The second kappa shape index (κ2) is 9.18. The van der Waals surface area contributed by atoms with Crippen LogP contribution in [0, 0.1) is 0 Å². The molecule has 0 saturated heterocycles. The van der Waals surface area contributed by atoms with Gasteiger partial charge in [-0.1, -0.05) is 24.3 Å². The average Bonchev–Trinajstić information content (AvgIpc) is 2.80. The molecule has 4 aromatic rings. The van der Waals surface area contributed by atoms with Crippen molar-refractivity contribution in [1.82, 2.24) is 9.97 Å². The highest BCUT2D eigenvalue weighted by Gasteiger charge is 2.10. The highest BCUT2D eigenvalue weighted by atomic mass is 16.5. The summed E-state index contributed by atoms with van der Waals surface area (Å²) in [6, 6.07) is 16.0. The van der Waals surface area contributed by atoms with Gasteiger partial charge in [0, 0.05) is 23.2 Å². The van der Waals surface area contributed by atoms with Crippen LogP contribution in [0.1, 0.15) is 22.4 Å². The molecule has 0 aliphatic heterocycles. The smallest absolute Gasteiger partial charge is 0.258 e. The standard InChI is InChI=1S/C25H21N3O4/c1-32-23-10-7-17(13-22(23)29)14-26-15-21-20-12-16(5-8-18-4-2-3-11-27-18)6-9-19(20)24(30)28-25(21)31/h2-13,15,29H,14H2,1H3,(H2,28,30,31). The molecule has 0 radical (unpaired) electrons. The Morgan fingerprint density at radius 3 is 2.69 bits per heavy atom. The minimum atomic E-state index is -0.380. The van der Waals surface area contributed by atoms with Crippen LogP contribution in [0.25, 0.3) is 22.9 Å². The van der Waals surface area contributed by atoms with Crippen molar-refractivity contribution in [2.45, 2.75) is 6.54 Å². The number of pyridine rings is 2. The van der Waals surface area contributed by atoms with Crippen molar-refractivity contribution in [3.63, 3.8) is 0 Å². The van der Waals surface area contributed by atoms with Crippen LogP contribution in [0.4, 0.5) is 0 Å². The van der Waals surface area contributed by atoms with Crippen LogP contribution in [-0.2, 0) is 6.54 Å². The van der Waals surface area contributed by atoms with Gasteiger partial charge in [-0.2, -0.15) is 0 Å². The molecule has 0 spiro atoms. The van der Waals surface area contributed by atoms with E-state index in [0.29, 0.717) is 22.1 Å². The largest absolute Gasteiger partial charge is 0.504 e. The lowest BCUT2D eigenvalue weighted by Crippen LogP contribution is -2.08. The second-order valence-electron chi connectivity index (χ2n) is 7.09. The molecule has 3 N–H and O–H groups in total. The number of aromatic amines is 1. The van der Waals surface area contributed by atoms with Crippen LogP contribution in [0.15, 0.2) is 70.6 Å². The van der Waals surface area contributed by atoms with E-state index >= 15 is 0 Å². The lowest BCUT2D eigenvalue weighted by atomic mass is 10.0. The molecule has 2 aromatic carbocycles. The molecule has 2 heterocycles. The number of methoxy groups -OCH3 is 1. The highest BCUT2D eigenvalue weighted by Crippen LogP contribution is 2.27. The number of aliphatic imine (C=N–C) groups is 1. The normalized spacial score (nSPS) is 11.5. The maximum Gasteiger partial charge on any atom is 0.258 e. The molecule has 2 aromatic heterocycles. The summed E-state index contributed by atoms with van der Waals surface area (Å²) in [5, 5.41) is 21.3. The van der Waals surface area contributed by atoms with Crippen LogP contribution in [-0.4, -0.2) is 33.5 Å². The van der Waals surface area contributed by atoms with Gasteiger partial charge in [-0.25, -0.2) is 0 Å². The zero-order chi connectivity index (χ0) is 22.5. The Morgan fingerprint density at radius 1 is 1.06 bits per heavy atom. The van der Waals surface area contributed by atoms with Gasteiger partial charge in [0.15, 0.2) is 11.5 Å². The number of aromatic nitrogens is 2. The summed E-state index contributed by atoms with van der Waals surface area (Å²) in [6.07, 6.45) is 7.00. The van der Waals surface area contributed by atoms with E-state index in [2.05, 4.69) is 15.0 Å². The predicted molar refractivity (Wildman–Crippen MR) is 125 cm³/mol. The van der Waals surface area contributed by atoms with E-state index in [1.807, 2.05) is 42.5 Å². The van der Waals surface area contributed by atoms with Crippen molar-refractivity contribution in [1.29, 1.82) is 0 Å². The number of hydrogen-bond acceptors (Lipinski definition) is 6. The second-order valence-corrected chi connectivity index (χ2v) is 7.09. The van der Waals surface area contributed by atoms with Crippen LogP contribution >= 0.6 is 0 Å². The van der Waals surface area contributed by atoms with Gasteiger partial charge in [-0.05, 0) is 53.6 Å². The van der Waals surface area contributed by atoms with E-state index in [-0.39, 0.29) is 23.7 Å². The van der Waals surface area contributed by atoms with Crippen LogP contribution in [0.5, 0.6) is 17.4 Å². The molecule has 32 heavy (non-hydrogen) atoms. The average molecular weight is 427 g/mol. The minimum absolute atomic E-state index is 0.0295. The molecule has 0 atom stereocenters. The van der Waals surface area contributed by atoms with Crippen molar-refractivity contribution < 1.29 is 14.9 Å². The van der Waals surface area contributed by atoms with Gasteiger partial charge in [0.1, 0.15) is 0 Å². The first-order valence-corrected chi connectivity index (χ1v) is 9.89. The molecule has 160 valence electrons. The molecule has 7 heteroatoms. The molecule has 0 saturated carbocycles. The Hall–Kier alpha value is -4.39. The van der Waals surface area contributed by atoms with Crippen molar-refractivity contribution in [3.8, 4) is 17.4 Å². The van der Waals surface area contributed by atoms with Gasteiger partial charge in [0.05, 0.1) is 24.9 Å². The molecule has 0 aliphatic carbocycles. The Balaban J connectivity index is 1.66. The molecule has 0 bridgehead atoms. The molecule has 0 aliphatic rings. The lowest BCUT2D eigenvalue weighted by molar-refractivity contribution is 0.373. The fraction of sp³-hybridized carbons (Fsp3) is 0.0800. The fourth-order valence-electron chi connectivity index (χ4n) is 3.32. The highest BCUT2D eigenvalue weighted by molar-refractivity contribution is 6.02. The number of rotatable bonds is 6. The number of phenolic OH excluding ortho intramolecular Hbond substituents is 1. The first-order chi connectivity index (χ1) is 15.5. The predicted octanol–water partition coefficient (Wildman–Crippen LogP) is 4.13. The zero-order valence-corrected chi connectivity index (χ0v) is 17.3. The number of benzene rings is 2. The minimum Gasteiger partial charge on any atom is -0.504 e. The molecular weight excluding hydrogens is 406 g/mol. The summed E-state index contributed by atoms with van der Waals surface area (Å²) in [7, 11) is 1.48. The lowest BCUT2D eigenvalue weighted by Gasteiger charge is -2.07. The van der Waals surface area contributed by atoms with Crippen molar-refractivity contribution >= 4 is 29.1 Å². The number of H-pyrrole nitrogens is 1. The first kappa shape index (κ1) is 20.9. The third kappa shape index (κ3) is 4.52. The summed E-state index contributed by atoms with van der Waals surface area (Å²) in [6.45, 7) is 0.275. The Labute approximate surface area is 184 Å². The number of phenols is 1. The number of fused-ring (bicyclic) bond motifs is 1. The number of aromatic hydroxyl groups is 2. The Morgan fingerprint density at radius 2 is 1.94 bits per heavy atom. The van der Waals surface area contributed by atoms with E-state index in [1.54, 1.807) is 30.5 Å². The summed E-state index contributed by atoms with van der Waals surface area (Å²) in [5.74, 6) is 0.157. The van der Waals surface area contributed by atoms with E-state index in [4.69, 9.17) is 4.74 Å². The van der Waals surface area contributed by atoms with Gasteiger partial charge in [0.2, 0.25) is 5.88 Å². The van der Waals surface area contributed by atoms with Crippen molar-refractivity contribution in [2.24, 2.45) is 4.99 Å². The SMILES string of the molecule is COc1ccc(CN=Cc2c(O)[nH]c(=O)c3ccc(C=Cc4ccccn4)cc23)cc1O. The zero-order valence-electron chi connectivity index (χ0n) is 17.3. The van der Waals surface area contributed by atoms with Crippen LogP contribution < -0.4 is 10.3 Å². The van der Waals surface area contributed by atoms with Crippen LogP contribution in [0.2, 0.25) is 0 Å². The maximum atomic E-state index is 12.3. The topological polar surface area (TPSA) is 108 Å². The van der Waals surface area contributed by atoms with Crippen molar-refractivity contribution in [2.75, 3.05) is 7.11 Å². The van der Waals surface area contributed by atoms with Gasteiger partial charge in [-0.3, -0.25) is 19.8 Å². The van der Waals surface area contributed by atoms with Crippen LogP contribution in [0.3, 0.4) is 0 Å². The number of ether oxygens (including phenoxy) is 1. The first-order valence-electron chi connectivity index (χ1n) is 9.89. The summed E-state index contributed by atoms with van der Waals surface area (Å²) >= 11 is 0. The molecule has 0 amide bonds. The third-order valence-corrected chi connectivity index (χ3v) is 4.94. The Kier molecular flexibility index (Phi) is 5.98. The van der Waals surface area contributed by atoms with E-state index < -0.39 is 0 Å².